The first-order valence-corrected chi connectivity index (χ1v) is 8.95. The number of aryl methyl sites for hydroxylation is 3. The number of rotatable bonds is 6. The topological polar surface area (TPSA) is 81.4 Å². The fourth-order valence-corrected chi connectivity index (χ4v) is 3.03. The Labute approximate surface area is 157 Å². The Morgan fingerprint density at radius 2 is 1.93 bits per heavy atom. The molecule has 0 fully saturated rings. The van der Waals surface area contributed by atoms with Crippen LogP contribution in [0.15, 0.2) is 55.1 Å². The third kappa shape index (κ3) is 3.76. The second-order valence-corrected chi connectivity index (χ2v) is 6.48. The van der Waals surface area contributed by atoms with Gasteiger partial charge in [-0.05, 0) is 25.0 Å². The Bertz CT molecular complexity index is 1030. The molecule has 0 aliphatic rings. The van der Waals surface area contributed by atoms with E-state index < -0.39 is 0 Å². The molecule has 136 valence electrons. The molecular weight excluding hydrogens is 338 g/mol. The molecule has 1 aromatic carbocycles. The molecule has 4 aromatic rings. The van der Waals surface area contributed by atoms with Crippen molar-refractivity contribution in [3.05, 3.63) is 72.2 Å². The van der Waals surface area contributed by atoms with Gasteiger partial charge in [0.25, 0.3) is 0 Å². The highest BCUT2D eigenvalue weighted by atomic mass is 15.3. The molecule has 3 aromatic heterocycles. The first kappa shape index (κ1) is 17.1. The van der Waals surface area contributed by atoms with Gasteiger partial charge in [0.2, 0.25) is 0 Å². The number of hydrogen-bond donors (Lipinski definition) is 1. The van der Waals surface area contributed by atoms with Gasteiger partial charge in [-0.25, -0.2) is 19.9 Å². The predicted octanol–water partition coefficient (Wildman–Crippen LogP) is 3.11. The molecule has 1 atom stereocenters. The van der Waals surface area contributed by atoms with E-state index in [0.717, 1.165) is 41.2 Å². The maximum Gasteiger partial charge on any atom is 0.163 e. The van der Waals surface area contributed by atoms with Gasteiger partial charge in [-0.1, -0.05) is 30.3 Å². The van der Waals surface area contributed by atoms with Crippen LogP contribution in [0.5, 0.6) is 0 Å². The van der Waals surface area contributed by atoms with Crippen molar-refractivity contribution in [2.24, 2.45) is 7.05 Å². The number of fused-ring (bicyclic) bond motifs is 1. The summed E-state index contributed by atoms with van der Waals surface area (Å²) in [4.78, 5) is 17.8. The second-order valence-electron chi connectivity index (χ2n) is 6.48. The summed E-state index contributed by atoms with van der Waals surface area (Å²) in [5, 5.41) is 8.71. The molecule has 0 spiro atoms. The highest BCUT2D eigenvalue weighted by molar-refractivity contribution is 5.86. The Balaban J connectivity index is 1.62. The van der Waals surface area contributed by atoms with Crippen LogP contribution < -0.4 is 5.32 Å². The van der Waals surface area contributed by atoms with Gasteiger partial charge in [-0.15, -0.1) is 0 Å². The average molecular weight is 359 g/mol. The van der Waals surface area contributed by atoms with Crippen LogP contribution in [0.25, 0.3) is 11.0 Å². The first-order chi connectivity index (χ1) is 13.2. The zero-order chi connectivity index (χ0) is 18.6. The highest BCUT2D eigenvalue weighted by Gasteiger charge is 2.15. The molecule has 4 rings (SSSR count). The maximum absolute atomic E-state index is 4.78. The molecule has 27 heavy (non-hydrogen) atoms. The van der Waals surface area contributed by atoms with Crippen LogP contribution >= 0.6 is 0 Å². The van der Waals surface area contributed by atoms with Crippen LogP contribution in [0.2, 0.25) is 0 Å². The molecular formula is C20H21N7. The summed E-state index contributed by atoms with van der Waals surface area (Å²) in [5.41, 5.74) is 3.01. The highest BCUT2D eigenvalue weighted by Crippen LogP contribution is 2.24. The van der Waals surface area contributed by atoms with E-state index in [1.54, 1.807) is 23.4 Å². The minimum absolute atomic E-state index is 0.00622. The normalized spacial score (nSPS) is 12.2. The number of hydrogen-bond acceptors (Lipinski definition) is 6. The zero-order valence-corrected chi connectivity index (χ0v) is 15.4. The van der Waals surface area contributed by atoms with Crippen molar-refractivity contribution in [2.45, 2.75) is 25.8 Å². The monoisotopic (exact) mass is 359 g/mol. The van der Waals surface area contributed by atoms with Crippen LogP contribution in [0.3, 0.4) is 0 Å². The summed E-state index contributed by atoms with van der Waals surface area (Å²) < 4.78 is 1.78. The Morgan fingerprint density at radius 3 is 2.70 bits per heavy atom. The summed E-state index contributed by atoms with van der Waals surface area (Å²) in [6.45, 7) is 2.05. The van der Waals surface area contributed by atoms with Gasteiger partial charge in [-0.3, -0.25) is 4.68 Å². The molecule has 0 amide bonds. The number of aromatic nitrogens is 6. The Hall–Kier alpha value is -3.35. The quantitative estimate of drug-likeness (QED) is 0.570. The van der Waals surface area contributed by atoms with Crippen molar-refractivity contribution in [2.75, 3.05) is 5.32 Å². The van der Waals surface area contributed by atoms with Crippen LogP contribution in [0.4, 0.5) is 5.82 Å². The smallest absolute Gasteiger partial charge is 0.163 e. The summed E-state index contributed by atoms with van der Waals surface area (Å²) in [7, 11) is 1.90. The third-order valence-corrected chi connectivity index (χ3v) is 4.52. The van der Waals surface area contributed by atoms with Gasteiger partial charge in [0, 0.05) is 19.7 Å². The fraction of sp³-hybridized carbons (Fsp3) is 0.250. The van der Waals surface area contributed by atoms with Gasteiger partial charge in [0.15, 0.2) is 5.65 Å². The van der Waals surface area contributed by atoms with E-state index in [4.69, 9.17) is 9.97 Å². The molecule has 0 aliphatic carbocycles. The fourth-order valence-electron chi connectivity index (χ4n) is 3.03. The molecule has 0 saturated carbocycles. The van der Waals surface area contributed by atoms with E-state index >= 15 is 0 Å². The maximum atomic E-state index is 4.78. The lowest BCUT2D eigenvalue weighted by Gasteiger charge is -2.15. The molecule has 0 radical (unpaired) electrons. The first-order valence-electron chi connectivity index (χ1n) is 8.95. The van der Waals surface area contributed by atoms with E-state index in [0.29, 0.717) is 0 Å². The molecule has 0 saturated heterocycles. The molecule has 0 aliphatic heterocycles. The number of nitrogens with zero attached hydrogens (tertiary/aromatic N) is 6. The molecule has 0 unspecified atom stereocenters. The second kappa shape index (κ2) is 7.49. The SMILES string of the molecule is C[C@H](Nc1nc(CCc2ccccc2)nc2c1cnn2C)c1ccncn1. The van der Waals surface area contributed by atoms with E-state index in [9.17, 15) is 0 Å². The van der Waals surface area contributed by atoms with Crippen molar-refractivity contribution in [3.63, 3.8) is 0 Å². The van der Waals surface area contributed by atoms with E-state index in [-0.39, 0.29) is 6.04 Å². The summed E-state index contributed by atoms with van der Waals surface area (Å²) in [5.74, 6) is 1.58. The lowest BCUT2D eigenvalue weighted by Crippen LogP contribution is -2.12. The standard InChI is InChI=1S/C20H21N7/c1-14(17-10-11-21-13-22-17)24-19-16-12-23-27(2)20(16)26-18(25-19)9-8-15-6-4-3-5-7-15/h3-7,10-14H,8-9H2,1-2H3,(H,24,25,26)/t14-/m0/s1. The number of anilines is 1. The minimum Gasteiger partial charge on any atom is -0.361 e. The minimum atomic E-state index is -0.00622. The summed E-state index contributed by atoms with van der Waals surface area (Å²) >= 11 is 0. The van der Waals surface area contributed by atoms with Gasteiger partial charge in [0.05, 0.1) is 23.3 Å². The van der Waals surface area contributed by atoms with Crippen molar-refractivity contribution >= 4 is 16.9 Å². The third-order valence-electron chi connectivity index (χ3n) is 4.52. The summed E-state index contributed by atoms with van der Waals surface area (Å²) in [6.07, 6.45) is 6.75. The lowest BCUT2D eigenvalue weighted by atomic mass is 10.1. The van der Waals surface area contributed by atoms with E-state index in [1.807, 2.05) is 19.2 Å². The largest absolute Gasteiger partial charge is 0.361 e. The Kier molecular flexibility index (Phi) is 4.74. The number of benzene rings is 1. The number of nitrogens with one attached hydrogen (secondary N) is 1. The summed E-state index contributed by atoms with van der Waals surface area (Å²) in [6, 6.07) is 12.3. The Morgan fingerprint density at radius 1 is 1.07 bits per heavy atom. The van der Waals surface area contributed by atoms with Crippen molar-refractivity contribution in [3.8, 4) is 0 Å². The molecule has 3 heterocycles. The molecule has 7 nitrogen and oxygen atoms in total. The van der Waals surface area contributed by atoms with E-state index in [1.165, 1.54) is 5.56 Å². The van der Waals surface area contributed by atoms with Gasteiger partial charge >= 0.3 is 0 Å². The average Bonchev–Trinajstić information content (AvgIpc) is 3.09. The predicted molar refractivity (Wildman–Crippen MR) is 104 cm³/mol. The van der Waals surface area contributed by atoms with Crippen LogP contribution in [0, 0.1) is 0 Å². The van der Waals surface area contributed by atoms with Crippen molar-refractivity contribution in [1.29, 1.82) is 0 Å². The molecule has 0 bridgehead atoms. The van der Waals surface area contributed by atoms with Crippen LogP contribution in [0.1, 0.15) is 30.0 Å². The van der Waals surface area contributed by atoms with E-state index in [2.05, 4.69) is 51.6 Å². The van der Waals surface area contributed by atoms with Gasteiger partial charge in [-0.2, -0.15) is 5.10 Å². The zero-order valence-electron chi connectivity index (χ0n) is 15.4. The molecule has 1 N–H and O–H groups in total. The molecule has 7 heteroatoms. The van der Waals surface area contributed by atoms with Crippen molar-refractivity contribution in [1.82, 2.24) is 29.7 Å². The van der Waals surface area contributed by atoms with Crippen molar-refractivity contribution < 1.29 is 0 Å². The van der Waals surface area contributed by atoms with Gasteiger partial charge < -0.3 is 5.32 Å². The van der Waals surface area contributed by atoms with Crippen LogP contribution in [-0.4, -0.2) is 29.7 Å². The van der Waals surface area contributed by atoms with Gasteiger partial charge in [0.1, 0.15) is 18.0 Å². The van der Waals surface area contributed by atoms with Crippen LogP contribution in [-0.2, 0) is 19.9 Å². The lowest BCUT2D eigenvalue weighted by molar-refractivity contribution is 0.773.